The van der Waals surface area contributed by atoms with Gasteiger partial charge in [-0.15, -0.1) is 0 Å². The van der Waals surface area contributed by atoms with Gasteiger partial charge >= 0.3 is 5.97 Å². The lowest BCUT2D eigenvalue weighted by molar-refractivity contribution is 0.0693. The van der Waals surface area contributed by atoms with E-state index in [2.05, 4.69) is 0 Å². The Morgan fingerprint density at radius 3 is 2.39 bits per heavy atom. The highest BCUT2D eigenvalue weighted by Crippen LogP contribution is 2.16. The van der Waals surface area contributed by atoms with Crippen molar-refractivity contribution in [2.24, 2.45) is 0 Å². The maximum absolute atomic E-state index is 11.6. The fourth-order valence-corrected chi connectivity index (χ4v) is 1.80. The number of carbonyl (C=O) groups is 1. The molecular weight excluding hydrogens is 234 g/mol. The first-order valence-corrected chi connectivity index (χ1v) is 5.26. The molecule has 0 saturated heterocycles. The maximum atomic E-state index is 11.6. The van der Waals surface area contributed by atoms with E-state index in [9.17, 15) is 14.7 Å². The third-order valence-corrected chi connectivity index (χ3v) is 2.68. The van der Waals surface area contributed by atoms with E-state index in [1.54, 1.807) is 24.3 Å². The van der Waals surface area contributed by atoms with Gasteiger partial charge in [0.1, 0.15) is 5.56 Å². The third-order valence-electron chi connectivity index (χ3n) is 2.68. The van der Waals surface area contributed by atoms with E-state index in [1.165, 1.54) is 17.7 Å². The first-order chi connectivity index (χ1) is 8.52. The van der Waals surface area contributed by atoms with Gasteiger partial charge < -0.3 is 14.8 Å². The van der Waals surface area contributed by atoms with Gasteiger partial charge in [0.05, 0.1) is 6.20 Å². The molecule has 2 rings (SSSR count). The largest absolute Gasteiger partial charge is 0.503 e. The summed E-state index contributed by atoms with van der Waals surface area (Å²) in [6.45, 7) is 1.53. The van der Waals surface area contributed by atoms with Crippen LogP contribution >= 0.6 is 0 Å². The minimum Gasteiger partial charge on any atom is -0.503 e. The van der Waals surface area contributed by atoms with E-state index in [1.807, 2.05) is 6.07 Å². The van der Waals surface area contributed by atoms with Crippen molar-refractivity contribution in [1.82, 2.24) is 4.57 Å². The minimum atomic E-state index is -1.35. The van der Waals surface area contributed by atoms with Crippen molar-refractivity contribution >= 4 is 5.97 Å². The highest BCUT2D eigenvalue weighted by Gasteiger charge is 2.18. The van der Waals surface area contributed by atoms with Crippen molar-refractivity contribution in [1.29, 1.82) is 0 Å². The molecule has 0 saturated carbocycles. The lowest BCUT2D eigenvalue weighted by atomic mass is 10.1. The number of benzene rings is 1. The predicted octanol–water partition coefficient (Wildman–Crippen LogP) is 1.55. The molecule has 18 heavy (non-hydrogen) atoms. The number of aromatic hydroxyl groups is 1. The number of rotatable bonds is 2. The van der Waals surface area contributed by atoms with Crippen molar-refractivity contribution in [3.05, 3.63) is 58.0 Å². The molecule has 0 aliphatic carbocycles. The Bertz CT molecular complexity index is 659. The van der Waals surface area contributed by atoms with Crippen LogP contribution in [0.25, 0.3) is 5.69 Å². The zero-order valence-electron chi connectivity index (χ0n) is 9.62. The molecule has 2 N–H and O–H groups in total. The second-order valence-corrected chi connectivity index (χ2v) is 3.81. The van der Waals surface area contributed by atoms with Crippen LogP contribution in [0.2, 0.25) is 0 Å². The number of nitrogens with zero attached hydrogens (tertiary/aromatic N) is 1. The third kappa shape index (κ3) is 1.86. The zero-order chi connectivity index (χ0) is 13.3. The molecule has 0 bridgehead atoms. The van der Waals surface area contributed by atoms with Crippen LogP contribution in [0.1, 0.15) is 16.1 Å². The number of hydrogen-bond acceptors (Lipinski definition) is 3. The molecule has 0 amide bonds. The number of carboxylic acid groups (broad SMARTS) is 1. The smallest absolute Gasteiger partial charge is 0.341 e. The van der Waals surface area contributed by atoms with E-state index in [0.717, 1.165) is 0 Å². The summed E-state index contributed by atoms with van der Waals surface area (Å²) in [5.74, 6) is -1.93. The van der Waals surface area contributed by atoms with Crippen LogP contribution in [-0.4, -0.2) is 20.7 Å². The van der Waals surface area contributed by atoms with Crippen LogP contribution < -0.4 is 5.43 Å². The fraction of sp³-hybridized carbons (Fsp3) is 0.0769. The van der Waals surface area contributed by atoms with Gasteiger partial charge in [-0.05, 0) is 19.1 Å². The molecule has 0 atom stereocenters. The summed E-state index contributed by atoms with van der Waals surface area (Å²) in [6.07, 6.45) is 1.22. The molecule has 5 nitrogen and oxygen atoms in total. The van der Waals surface area contributed by atoms with Gasteiger partial charge in [0.2, 0.25) is 5.43 Å². The molecular formula is C13H11NO4. The minimum absolute atomic E-state index is 0.275. The average molecular weight is 245 g/mol. The standard InChI is InChI=1S/C13H11NO4/c1-8-11(13(17)18)12(16)10(15)7-14(8)9-5-3-2-4-6-9/h2-7,15H,1H3,(H,17,18). The molecule has 0 radical (unpaired) electrons. The van der Waals surface area contributed by atoms with Crippen LogP contribution in [0.5, 0.6) is 5.75 Å². The Morgan fingerprint density at radius 1 is 1.22 bits per heavy atom. The van der Waals surface area contributed by atoms with Gasteiger partial charge in [-0.25, -0.2) is 4.79 Å². The SMILES string of the molecule is Cc1c(C(=O)O)c(=O)c(O)cn1-c1ccccc1. The molecule has 2 aromatic rings. The molecule has 1 aromatic heterocycles. The van der Waals surface area contributed by atoms with Gasteiger partial charge in [0.15, 0.2) is 5.75 Å². The molecule has 0 aliphatic heterocycles. The Morgan fingerprint density at radius 2 is 1.83 bits per heavy atom. The monoisotopic (exact) mass is 245 g/mol. The number of para-hydroxylation sites is 1. The van der Waals surface area contributed by atoms with Crippen LogP contribution in [0.3, 0.4) is 0 Å². The van der Waals surface area contributed by atoms with Crippen molar-refractivity contribution in [2.45, 2.75) is 6.92 Å². The molecule has 1 heterocycles. The van der Waals surface area contributed by atoms with Crippen LogP contribution in [0.15, 0.2) is 41.3 Å². The van der Waals surface area contributed by atoms with Gasteiger partial charge in [0.25, 0.3) is 0 Å². The Labute approximate surface area is 103 Å². The quantitative estimate of drug-likeness (QED) is 0.841. The highest BCUT2D eigenvalue weighted by atomic mass is 16.4. The first kappa shape index (κ1) is 11.9. The normalized spacial score (nSPS) is 10.3. The Kier molecular flexibility index (Phi) is 2.89. The summed E-state index contributed by atoms with van der Waals surface area (Å²) in [5.41, 5.74) is -0.338. The topological polar surface area (TPSA) is 79.5 Å². The number of carboxylic acids is 1. The van der Waals surface area contributed by atoms with E-state index in [-0.39, 0.29) is 5.69 Å². The average Bonchev–Trinajstić information content (AvgIpc) is 2.34. The summed E-state index contributed by atoms with van der Waals surface area (Å²) in [5, 5.41) is 18.5. The predicted molar refractivity (Wildman–Crippen MR) is 65.4 cm³/mol. The van der Waals surface area contributed by atoms with Crippen LogP contribution in [0, 0.1) is 6.92 Å². The van der Waals surface area contributed by atoms with Crippen LogP contribution in [-0.2, 0) is 0 Å². The Balaban J connectivity index is 2.79. The molecule has 5 heteroatoms. The number of pyridine rings is 1. The maximum Gasteiger partial charge on any atom is 0.341 e. The summed E-state index contributed by atoms with van der Waals surface area (Å²) in [7, 11) is 0. The zero-order valence-corrected chi connectivity index (χ0v) is 9.62. The lowest BCUT2D eigenvalue weighted by Gasteiger charge is -2.13. The van der Waals surface area contributed by atoms with E-state index < -0.39 is 22.7 Å². The van der Waals surface area contributed by atoms with Gasteiger partial charge in [-0.2, -0.15) is 0 Å². The molecule has 0 unspecified atom stereocenters. The van der Waals surface area contributed by atoms with E-state index in [0.29, 0.717) is 5.69 Å². The lowest BCUT2D eigenvalue weighted by Crippen LogP contribution is -2.20. The van der Waals surface area contributed by atoms with E-state index in [4.69, 9.17) is 5.11 Å². The summed E-state index contributed by atoms with van der Waals surface area (Å²) in [4.78, 5) is 22.6. The molecule has 0 fully saturated rings. The van der Waals surface area contributed by atoms with Gasteiger partial charge in [-0.3, -0.25) is 4.79 Å². The number of aromatic carboxylic acids is 1. The summed E-state index contributed by atoms with van der Waals surface area (Å²) < 4.78 is 1.47. The highest BCUT2D eigenvalue weighted by molar-refractivity contribution is 5.89. The first-order valence-electron chi connectivity index (χ1n) is 5.26. The summed E-state index contributed by atoms with van der Waals surface area (Å²) >= 11 is 0. The second-order valence-electron chi connectivity index (χ2n) is 3.81. The fourth-order valence-electron chi connectivity index (χ4n) is 1.80. The Hall–Kier alpha value is -2.56. The number of aromatic nitrogens is 1. The van der Waals surface area contributed by atoms with Gasteiger partial charge in [-0.1, -0.05) is 18.2 Å². The van der Waals surface area contributed by atoms with Crippen LogP contribution in [0.4, 0.5) is 0 Å². The van der Waals surface area contributed by atoms with Crippen molar-refractivity contribution in [3.8, 4) is 11.4 Å². The second kappa shape index (κ2) is 4.37. The van der Waals surface area contributed by atoms with E-state index >= 15 is 0 Å². The molecule has 0 aliphatic rings. The van der Waals surface area contributed by atoms with Crippen molar-refractivity contribution in [3.63, 3.8) is 0 Å². The van der Waals surface area contributed by atoms with Crippen molar-refractivity contribution < 1.29 is 15.0 Å². The van der Waals surface area contributed by atoms with Gasteiger partial charge in [0, 0.05) is 11.4 Å². The van der Waals surface area contributed by atoms with Crippen molar-refractivity contribution in [2.75, 3.05) is 0 Å². The summed E-state index contributed by atoms with van der Waals surface area (Å²) in [6, 6.07) is 8.89. The molecule has 1 aromatic carbocycles. The molecule has 0 spiro atoms. The molecule has 92 valence electrons. The number of hydrogen-bond donors (Lipinski definition) is 2.